The fourth-order valence-electron chi connectivity index (χ4n) is 5.26. The maximum atomic E-state index is 6.75. The molecular weight excluding hydrogens is 342 g/mol. The monoisotopic (exact) mass is 375 g/mol. The molecule has 1 aromatic rings. The maximum absolute atomic E-state index is 6.75. The largest absolute Gasteiger partial charge is 0.317 e. The highest BCUT2D eigenvalue weighted by atomic mass is 35.5. The van der Waals surface area contributed by atoms with Crippen molar-refractivity contribution in [1.82, 2.24) is 15.5 Å². The van der Waals surface area contributed by atoms with E-state index in [0.29, 0.717) is 6.04 Å². The van der Waals surface area contributed by atoms with Crippen molar-refractivity contribution < 1.29 is 0 Å². The van der Waals surface area contributed by atoms with E-state index in [1.807, 2.05) is 0 Å². The molecule has 2 heterocycles. The zero-order valence-corrected chi connectivity index (χ0v) is 16.7. The fourth-order valence-corrected chi connectivity index (χ4v) is 5.66. The van der Waals surface area contributed by atoms with E-state index < -0.39 is 0 Å². The van der Waals surface area contributed by atoms with Crippen LogP contribution in [-0.4, -0.2) is 42.5 Å². The third-order valence-corrected chi connectivity index (χ3v) is 7.28. The zero-order valence-electron chi connectivity index (χ0n) is 15.9. The van der Waals surface area contributed by atoms with Gasteiger partial charge in [-0.25, -0.2) is 0 Å². The number of hydrogen-bond donors (Lipinski definition) is 2. The van der Waals surface area contributed by atoms with Crippen LogP contribution in [0, 0.1) is 11.8 Å². The van der Waals surface area contributed by atoms with Crippen LogP contribution in [0.15, 0.2) is 24.3 Å². The highest BCUT2D eigenvalue weighted by Crippen LogP contribution is 2.38. The number of fused-ring (bicyclic) bond motifs is 1. The predicted octanol–water partition coefficient (Wildman–Crippen LogP) is 3.76. The van der Waals surface area contributed by atoms with Gasteiger partial charge in [-0.15, -0.1) is 11.6 Å². The molecule has 0 bridgehead atoms. The van der Waals surface area contributed by atoms with Gasteiger partial charge in [-0.1, -0.05) is 24.3 Å². The van der Waals surface area contributed by atoms with Gasteiger partial charge in [0.05, 0.1) is 0 Å². The second-order valence-corrected chi connectivity index (χ2v) is 9.11. The number of nitrogens with one attached hydrogen (secondary N) is 2. The zero-order chi connectivity index (χ0) is 17.8. The first kappa shape index (κ1) is 18.7. The lowest BCUT2D eigenvalue weighted by Gasteiger charge is -2.41. The van der Waals surface area contributed by atoms with Crippen LogP contribution in [0.4, 0.5) is 0 Å². The topological polar surface area (TPSA) is 27.3 Å². The van der Waals surface area contributed by atoms with Gasteiger partial charge < -0.3 is 10.6 Å². The molecule has 2 aliphatic heterocycles. The summed E-state index contributed by atoms with van der Waals surface area (Å²) in [5.74, 6) is 1.58. The quantitative estimate of drug-likeness (QED) is 0.767. The lowest BCUT2D eigenvalue weighted by molar-refractivity contribution is 0.174. The Bertz CT molecular complexity index is 555. The van der Waals surface area contributed by atoms with Crippen LogP contribution < -0.4 is 10.6 Å². The number of nitrogens with zero attached hydrogens (tertiary/aromatic N) is 1. The molecule has 3 fully saturated rings. The Morgan fingerprint density at radius 2 is 1.69 bits per heavy atom. The minimum Gasteiger partial charge on any atom is -0.317 e. The molecule has 1 saturated carbocycles. The first-order valence-corrected chi connectivity index (χ1v) is 11.1. The summed E-state index contributed by atoms with van der Waals surface area (Å²) in [4.78, 5) is 2.56. The van der Waals surface area contributed by atoms with Crippen molar-refractivity contribution in [2.75, 3.05) is 26.2 Å². The summed E-state index contributed by atoms with van der Waals surface area (Å²) in [6.07, 6.45) is 7.78. The lowest BCUT2D eigenvalue weighted by Crippen LogP contribution is -2.49. The normalized spacial score (nSPS) is 33.0. The molecule has 3 aliphatic rings. The van der Waals surface area contributed by atoms with Gasteiger partial charge in [0.1, 0.15) is 0 Å². The summed E-state index contributed by atoms with van der Waals surface area (Å²) < 4.78 is 0. The van der Waals surface area contributed by atoms with E-state index in [1.54, 1.807) is 0 Å². The van der Waals surface area contributed by atoms with Crippen LogP contribution in [0.25, 0.3) is 0 Å². The predicted molar refractivity (Wildman–Crippen MR) is 110 cm³/mol. The summed E-state index contributed by atoms with van der Waals surface area (Å²) in [5, 5.41) is 7.69. The van der Waals surface area contributed by atoms with Gasteiger partial charge >= 0.3 is 0 Å². The van der Waals surface area contributed by atoms with Crippen LogP contribution in [-0.2, 0) is 13.1 Å². The molecule has 4 atom stereocenters. The molecule has 4 heteroatoms. The molecular formula is C22H34ClN3. The Balaban J connectivity index is 1.33. The van der Waals surface area contributed by atoms with Crippen LogP contribution in [0.3, 0.4) is 0 Å². The molecule has 0 aromatic heterocycles. The van der Waals surface area contributed by atoms with Crippen LogP contribution in [0.2, 0.25) is 0 Å². The van der Waals surface area contributed by atoms with E-state index in [0.717, 1.165) is 37.9 Å². The van der Waals surface area contributed by atoms with Crippen molar-refractivity contribution in [1.29, 1.82) is 0 Å². The molecule has 1 aromatic carbocycles. The van der Waals surface area contributed by atoms with Gasteiger partial charge in [0.2, 0.25) is 0 Å². The highest BCUT2D eigenvalue weighted by Gasteiger charge is 2.38. The SMILES string of the molecule is ClC1CCC2CCNCCC2C1NCc1ccc(CN2CCCC2)cc1. The Hall–Kier alpha value is -0.610. The fraction of sp³-hybridized carbons (Fsp3) is 0.727. The van der Waals surface area contributed by atoms with Crippen LogP contribution in [0.5, 0.6) is 0 Å². The lowest BCUT2D eigenvalue weighted by atomic mass is 9.73. The standard InChI is InChI=1S/C22H34ClN3/c23-21-8-7-19-9-11-24-12-10-20(19)22(21)25-15-17-3-5-18(6-4-17)16-26-13-1-2-14-26/h3-6,19-22,24-25H,1-2,7-16H2. The van der Waals surface area contributed by atoms with E-state index in [2.05, 4.69) is 39.8 Å². The highest BCUT2D eigenvalue weighted by molar-refractivity contribution is 6.21. The van der Waals surface area contributed by atoms with Crippen molar-refractivity contribution >= 4 is 11.6 Å². The minimum atomic E-state index is 0.281. The first-order chi connectivity index (χ1) is 12.8. The molecule has 2 N–H and O–H groups in total. The molecule has 0 spiro atoms. The Morgan fingerprint density at radius 1 is 0.962 bits per heavy atom. The molecule has 26 heavy (non-hydrogen) atoms. The van der Waals surface area contributed by atoms with Crippen molar-refractivity contribution in [2.24, 2.45) is 11.8 Å². The van der Waals surface area contributed by atoms with E-state index in [1.165, 1.54) is 62.9 Å². The second-order valence-electron chi connectivity index (χ2n) is 8.55. The second kappa shape index (κ2) is 9.05. The van der Waals surface area contributed by atoms with E-state index in [9.17, 15) is 0 Å². The molecule has 4 unspecified atom stereocenters. The number of alkyl halides is 1. The summed E-state index contributed by atoms with van der Waals surface area (Å²) in [5.41, 5.74) is 2.83. The Morgan fingerprint density at radius 3 is 2.50 bits per heavy atom. The Kier molecular flexibility index (Phi) is 6.53. The van der Waals surface area contributed by atoms with E-state index in [-0.39, 0.29) is 5.38 Å². The van der Waals surface area contributed by atoms with Crippen LogP contribution >= 0.6 is 11.6 Å². The summed E-state index contributed by atoms with van der Waals surface area (Å²) in [6.45, 7) is 6.90. The van der Waals surface area contributed by atoms with Gasteiger partial charge in [0, 0.05) is 24.5 Å². The average molecular weight is 376 g/mol. The molecule has 3 nitrogen and oxygen atoms in total. The molecule has 4 rings (SSSR count). The number of hydrogen-bond acceptors (Lipinski definition) is 3. The molecule has 0 radical (unpaired) electrons. The van der Waals surface area contributed by atoms with Gasteiger partial charge in [0.15, 0.2) is 0 Å². The third kappa shape index (κ3) is 4.62. The Labute approximate surface area is 163 Å². The van der Waals surface area contributed by atoms with E-state index in [4.69, 9.17) is 11.6 Å². The number of halogens is 1. The summed E-state index contributed by atoms with van der Waals surface area (Å²) in [7, 11) is 0. The molecule has 0 amide bonds. The average Bonchev–Trinajstić information content (AvgIpc) is 3.05. The maximum Gasteiger partial charge on any atom is 0.0492 e. The molecule has 1 aliphatic carbocycles. The number of rotatable bonds is 5. The smallest absolute Gasteiger partial charge is 0.0492 e. The number of benzene rings is 1. The third-order valence-electron chi connectivity index (χ3n) is 6.79. The van der Waals surface area contributed by atoms with E-state index >= 15 is 0 Å². The van der Waals surface area contributed by atoms with Gasteiger partial charge in [0.25, 0.3) is 0 Å². The van der Waals surface area contributed by atoms with Gasteiger partial charge in [-0.05, 0) is 87.7 Å². The summed E-state index contributed by atoms with van der Waals surface area (Å²) in [6, 6.07) is 9.69. The molecule has 144 valence electrons. The minimum absolute atomic E-state index is 0.281. The van der Waals surface area contributed by atoms with Gasteiger partial charge in [-0.3, -0.25) is 4.90 Å². The van der Waals surface area contributed by atoms with Crippen LogP contribution in [0.1, 0.15) is 49.7 Å². The van der Waals surface area contributed by atoms with Crippen molar-refractivity contribution in [2.45, 2.75) is 63.0 Å². The van der Waals surface area contributed by atoms with Crippen molar-refractivity contribution in [3.8, 4) is 0 Å². The summed E-state index contributed by atoms with van der Waals surface area (Å²) >= 11 is 6.75. The number of likely N-dealkylation sites (tertiary alicyclic amines) is 1. The van der Waals surface area contributed by atoms with Crippen molar-refractivity contribution in [3.05, 3.63) is 35.4 Å². The van der Waals surface area contributed by atoms with Crippen molar-refractivity contribution in [3.63, 3.8) is 0 Å². The first-order valence-electron chi connectivity index (χ1n) is 10.7. The van der Waals surface area contributed by atoms with Gasteiger partial charge in [-0.2, -0.15) is 0 Å². The molecule has 2 saturated heterocycles.